The summed E-state index contributed by atoms with van der Waals surface area (Å²) in [7, 11) is 1.72. The van der Waals surface area contributed by atoms with E-state index in [1.807, 2.05) is 0 Å². The van der Waals surface area contributed by atoms with Crippen molar-refractivity contribution in [3.05, 3.63) is 29.8 Å². The van der Waals surface area contributed by atoms with Crippen LogP contribution in [0.5, 0.6) is 0 Å². The number of aliphatic hydroxyl groups is 1. The molecule has 1 rings (SSSR count). The van der Waals surface area contributed by atoms with Gasteiger partial charge in [0.15, 0.2) is 0 Å². The Balaban J connectivity index is 2.46. The maximum absolute atomic E-state index is 11.8. The molecule has 130 valence electrons. The van der Waals surface area contributed by atoms with Gasteiger partial charge in [-0.2, -0.15) is 0 Å². The maximum Gasteiger partial charge on any atom is 0.222 e. The van der Waals surface area contributed by atoms with Crippen LogP contribution in [0.1, 0.15) is 18.4 Å². The molecule has 0 unspecified atom stereocenters. The second-order valence-electron chi connectivity index (χ2n) is 5.42. The largest absolute Gasteiger partial charge is 0.395 e. The van der Waals surface area contributed by atoms with Crippen LogP contribution in [0.3, 0.4) is 0 Å². The molecule has 0 aliphatic heterocycles. The second kappa shape index (κ2) is 11.5. The quantitative estimate of drug-likeness (QED) is 0.617. The lowest BCUT2D eigenvalue weighted by Gasteiger charge is -2.23. The van der Waals surface area contributed by atoms with Gasteiger partial charge in [-0.1, -0.05) is 12.1 Å². The number of hydrogen-bond acceptors (Lipinski definition) is 3. The van der Waals surface area contributed by atoms with Crippen molar-refractivity contribution < 1.29 is 9.90 Å². The topological polar surface area (TPSA) is 43.8 Å². The summed E-state index contributed by atoms with van der Waals surface area (Å²) >= 11 is 11.6. The third-order valence-electron chi connectivity index (χ3n) is 3.73. The molecular weight excluding hydrogens is 335 g/mol. The number of amides is 1. The van der Waals surface area contributed by atoms with Crippen molar-refractivity contribution in [2.45, 2.75) is 19.3 Å². The lowest BCUT2D eigenvalue weighted by Crippen LogP contribution is -2.29. The first-order valence-electron chi connectivity index (χ1n) is 7.93. The molecular formula is C17H26Cl2N2O2. The van der Waals surface area contributed by atoms with Gasteiger partial charge in [-0.05, 0) is 30.5 Å². The van der Waals surface area contributed by atoms with Crippen LogP contribution in [0, 0.1) is 0 Å². The average molecular weight is 361 g/mol. The van der Waals surface area contributed by atoms with Gasteiger partial charge in [-0.15, -0.1) is 23.2 Å². The Morgan fingerprint density at radius 2 is 1.70 bits per heavy atom. The molecule has 6 heteroatoms. The fourth-order valence-corrected chi connectivity index (χ4v) is 2.76. The highest BCUT2D eigenvalue weighted by atomic mass is 35.5. The summed E-state index contributed by atoms with van der Waals surface area (Å²) < 4.78 is 0. The van der Waals surface area contributed by atoms with Crippen LogP contribution in [-0.4, -0.2) is 61.0 Å². The zero-order valence-electron chi connectivity index (χ0n) is 13.7. The van der Waals surface area contributed by atoms with Crippen LogP contribution in [0.2, 0.25) is 0 Å². The standard InChI is InChI=1S/C17H26Cl2N2O2/c1-20(13-14-22)17(23)4-2-3-15-5-7-16(8-6-15)21(11-9-18)12-10-19/h5-8,22H,2-4,9-14H2,1H3. The van der Waals surface area contributed by atoms with E-state index in [4.69, 9.17) is 28.3 Å². The predicted molar refractivity (Wildman–Crippen MR) is 97.8 cm³/mol. The fourth-order valence-electron chi connectivity index (χ4n) is 2.36. The first kappa shape index (κ1) is 20.1. The highest BCUT2D eigenvalue weighted by molar-refractivity contribution is 6.18. The SMILES string of the molecule is CN(CCO)C(=O)CCCc1ccc(N(CCCl)CCCl)cc1. The molecule has 0 fully saturated rings. The molecule has 0 bridgehead atoms. The van der Waals surface area contributed by atoms with Gasteiger partial charge >= 0.3 is 0 Å². The molecule has 0 saturated carbocycles. The number of nitrogens with zero attached hydrogens (tertiary/aromatic N) is 2. The average Bonchev–Trinajstić information content (AvgIpc) is 2.55. The number of aryl methyl sites for hydroxylation is 1. The van der Waals surface area contributed by atoms with Crippen molar-refractivity contribution in [1.29, 1.82) is 0 Å². The summed E-state index contributed by atoms with van der Waals surface area (Å²) in [5.41, 5.74) is 2.33. The normalized spacial score (nSPS) is 10.6. The van der Waals surface area contributed by atoms with Crippen LogP contribution in [0.4, 0.5) is 5.69 Å². The number of carbonyl (C=O) groups is 1. The van der Waals surface area contributed by atoms with Gasteiger partial charge in [0.25, 0.3) is 0 Å². The lowest BCUT2D eigenvalue weighted by atomic mass is 10.1. The van der Waals surface area contributed by atoms with E-state index in [1.54, 1.807) is 11.9 Å². The van der Waals surface area contributed by atoms with E-state index in [0.29, 0.717) is 24.7 Å². The van der Waals surface area contributed by atoms with E-state index in [2.05, 4.69) is 29.2 Å². The number of aliphatic hydroxyl groups excluding tert-OH is 1. The van der Waals surface area contributed by atoms with Crippen molar-refractivity contribution in [3.8, 4) is 0 Å². The Labute approximate surface area is 149 Å². The van der Waals surface area contributed by atoms with E-state index in [-0.39, 0.29) is 12.5 Å². The molecule has 1 amide bonds. The van der Waals surface area contributed by atoms with Crippen LogP contribution < -0.4 is 4.90 Å². The number of carbonyl (C=O) groups excluding carboxylic acids is 1. The highest BCUT2D eigenvalue weighted by Crippen LogP contribution is 2.17. The second-order valence-corrected chi connectivity index (χ2v) is 6.18. The molecule has 0 aliphatic carbocycles. The smallest absolute Gasteiger partial charge is 0.222 e. The molecule has 4 nitrogen and oxygen atoms in total. The van der Waals surface area contributed by atoms with Crippen molar-refractivity contribution in [2.24, 2.45) is 0 Å². The number of likely N-dealkylation sites (N-methyl/N-ethyl adjacent to an activating group) is 1. The molecule has 23 heavy (non-hydrogen) atoms. The van der Waals surface area contributed by atoms with E-state index in [0.717, 1.165) is 31.6 Å². The van der Waals surface area contributed by atoms with Crippen molar-refractivity contribution in [3.63, 3.8) is 0 Å². The Bertz CT molecular complexity index is 448. The number of anilines is 1. The van der Waals surface area contributed by atoms with Crippen molar-refractivity contribution >= 4 is 34.8 Å². The number of benzene rings is 1. The summed E-state index contributed by atoms with van der Waals surface area (Å²) in [5.74, 6) is 1.22. The first-order chi connectivity index (χ1) is 11.1. The van der Waals surface area contributed by atoms with E-state index in [1.165, 1.54) is 5.56 Å². The van der Waals surface area contributed by atoms with Crippen LogP contribution in [-0.2, 0) is 11.2 Å². The third-order valence-corrected chi connectivity index (χ3v) is 4.07. The van der Waals surface area contributed by atoms with Crippen molar-refractivity contribution in [2.75, 3.05) is 49.9 Å². The zero-order valence-corrected chi connectivity index (χ0v) is 15.2. The van der Waals surface area contributed by atoms with Gasteiger partial charge in [-0.3, -0.25) is 4.79 Å². The molecule has 0 spiro atoms. The van der Waals surface area contributed by atoms with E-state index >= 15 is 0 Å². The van der Waals surface area contributed by atoms with Gasteiger partial charge < -0.3 is 14.9 Å². The van der Waals surface area contributed by atoms with Gasteiger partial charge in [0, 0.05) is 50.6 Å². The molecule has 0 heterocycles. The monoisotopic (exact) mass is 360 g/mol. The minimum atomic E-state index is 0.00477. The molecule has 1 aromatic rings. The lowest BCUT2D eigenvalue weighted by molar-refractivity contribution is -0.130. The summed E-state index contributed by atoms with van der Waals surface area (Å²) in [6, 6.07) is 8.34. The summed E-state index contributed by atoms with van der Waals surface area (Å²) in [6.07, 6.45) is 2.17. The molecule has 1 N–H and O–H groups in total. The Morgan fingerprint density at radius 1 is 1.09 bits per heavy atom. The summed E-state index contributed by atoms with van der Waals surface area (Å²) in [4.78, 5) is 15.5. The van der Waals surface area contributed by atoms with Gasteiger partial charge in [0.2, 0.25) is 5.91 Å². The maximum atomic E-state index is 11.8. The van der Waals surface area contributed by atoms with Gasteiger partial charge in [0.05, 0.1) is 6.61 Å². The highest BCUT2D eigenvalue weighted by Gasteiger charge is 2.08. The van der Waals surface area contributed by atoms with Gasteiger partial charge in [-0.25, -0.2) is 0 Å². The Morgan fingerprint density at radius 3 is 2.22 bits per heavy atom. The molecule has 0 saturated heterocycles. The third kappa shape index (κ3) is 7.42. The Hall–Kier alpha value is -0.970. The van der Waals surface area contributed by atoms with E-state index in [9.17, 15) is 4.79 Å². The Kier molecular flexibility index (Phi) is 10.1. The number of alkyl halides is 2. The van der Waals surface area contributed by atoms with Crippen LogP contribution in [0.25, 0.3) is 0 Å². The number of hydrogen-bond donors (Lipinski definition) is 1. The fraction of sp³-hybridized carbons (Fsp3) is 0.588. The minimum absolute atomic E-state index is 0.00477. The number of rotatable bonds is 11. The predicted octanol–water partition coefficient (Wildman–Crippen LogP) is 2.74. The minimum Gasteiger partial charge on any atom is -0.395 e. The summed E-state index contributed by atoms with van der Waals surface area (Å²) in [6.45, 7) is 1.95. The summed E-state index contributed by atoms with van der Waals surface area (Å²) in [5, 5.41) is 8.82. The molecule has 1 aromatic carbocycles. The number of halogens is 2. The van der Waals surface area contributed by atoms with E-state index < -0.39 is 0 Å². The van der Waals surface area contributed by atoms with Crippen LogP contribution >= 0.6 is 23.2 Å². The first-order valence-corrected chi connectivity index (χ1v) is 9.00. The molecule has 0 aromatic heterocycles. The molecule has 0 radical (unpaired) electrons. The van der Waals surface area contributed by atoms with Gasteiger partial charge in [0.1, 0.15) is 0 Å². The van der Waals surface area contributed by atoms with Crippen LogP contribution in [0.15, 0.2) is 24.3 Å². The molecule has 0 aliphatic rings. The zero-order chi connectivity index (χ0) is 17.1. The van der Waals surface area contributed by atoms with Crippen molar-refractivity contribution in [1.82, 2.24) is 4.90 Å². The molecule has 0 atom stereocenters.